The van der Waals surface area contributed by atoms with E-state index in [4.69, 9.17) is 0 Å². The molecule has 2 N–H and O–H groups in total. The van der Waals surface area contributed by atoms with Gasteiger partial charge in [0.25, 0.3) is 0 Å². The second kappa shape index (κ2) is 4.77. The molecule has 1 fully saturated rings. The molecule has 0 radical (unpaired) electrons. The van der Waals surface area contributed by atoms with Gasteiger partial charge >= 0.3 is 0 Å². The van der Waals surface area contributed by atoms with Crippen LogP contribution in [0.5, 0.6) is 0 Å². The molecule has 7 heteroatoms. The summed E-state index contributed by atoms with van der Waals surface area (Å²) in [5.41, 5.74) is 2.47. The number of H-pyrrole nitrogens is 1. The summed E-state index contributed by atoms with van der Waals surface area (Å²) in [6.45, 7) is 0. The number of likely N-dealkylation sites (N-methyl/N-ethyl adjacent to an activating group) is 1. The number of nitrogens with one attached hydrogen (secondary N) is 2. The molecule has 0 saturated heterocycles. The highest BCUT2D eigenvalue weighted by molar-refractivity contribution is 5.84. The van der Waals surface area contributed by atoms with Gasteiger partial charge in [-0.15, -0.1) is 10.2 Å². The van der Waals surface area contributed by atoms with Gasteiger partial charge in [-0.05, 0) is 19.9 Å². The van der Waals surface area contributed by atoms with E-state index in [0.717, 1.165) is 23.4 Å². The second-order valence-electron chi connectivity index (χ2n) is 5.92. The summed E-state index contributed by atoms with van der Waals surface area (Å²) in [6.07, 6.45) is 10.6. The number of hydrogen-bond acceptors (Lipinski definition) is 5. The van der Waals surface area contributed by atoms with Crippen LogP contribution in [0.2, 0.25) is 0 Å². The predicted octanol–water partition coefficient (Wildman–Crippen LogP) is 1.47. The van der Waals surface area contributed by atoms with Crippen molar-refractivity contribution in [1.82, 2.24) is 34.9 Å². The molecule has 1 aliphatic rings. The molecule has 0 spiro atoms. The van der Waals surface area contributed by atoms with Crippen LogP contribution in [0.3, 0.4) is 0 Å². The Morgan fingerprint density at radius 1 is 1.24 bits per heavy atom. The van der Waals surface area contributed by atoms with Crippen LogP contribution in [0.15, 0.2) is 12.7 Å². The van der Waals surface area contributed by atoms with Crippen LogP contribution in [0.4, 0.5) is 0 Å². The molecule has 3 heterocycles. The van der Waals surface area contributed by atoms with Gasteiger partial charge in [0.15, 0.2) is 11.3 Å². The number of hydrogen-bond donors (Lipinski definition) is 2. The molecule has 7 nitrogen and oxygen atoms in total. The van der Waals surface area contributed by atoms with Gasteiger partial charge in [-0.1, -0.05) is 19.3 Å². The van der Waals surface area contributed by atoms with Gasteiger partial charge in [0, 0.05) is 12.0 Å². The zero-order chi connectivity index (χ0) is 14.3. The lowest BCUT2D eigenvalue weighted by Gasteiger charge is -2.36. The zero-order valence-electron chi connectivity index (χ0n) is 12.1. The first kappa shape index (κ1) is 12.7. The molecular formula is C14H19N7. The fourth-order valence-corrected chi connectivity index (χ4v) is 3.44. The lowest BCUT2D eigenvalue weighted by Crippen LogP contribution is -2.47. The van der Waals surface area contributed by atoms with E-state index in [2.05, 4.69) is 37.5 Å². The minimum atomic E-state index is 0.143. The van der Waals surface area contributed by atoms with Gasteiger partial charge < -0.3 is 10.3 Å². The lowest BCUT2D eigenvalue weighted by atomic mass is 9.79. The summed E-state index contributed by atoms with van der Waals surface area (Å²) in [5.74, 6) is 0.963. The Labute approximate surface area is 122 Å². The third-order valence-electron chi connectivity index (χ3n) is 4.74. The number of rotatable bonds is 3. The van der Waals surface area contributed by atoms with Crippen molar-refractivity contribution < 1.29 is 0 Å². The number of aromatic amines is 1. The molecule has 0 atom stereocenters. The topological polar surface area (TPSA) is 83.8 Å². The molecule has 0 aliphatic heterocycles. The predicted molar refractivity (Wildman–Crippen MR) is 79.0 cm³/mol. The first-order valence-electron chi connectivity index (χ1n) is 7.52. The van der Waals surface area contributed by atoms with Crippen LogP contribution in [0.1, 0.15) is 37.9 Å². The van der Waals surface area contributed by atoms with E-state index in [0.29, 0.717) is 5.65 Å². The van der Waals surface area contributed by atoms with Gasteiger partial charge in [-0.25, -0.2) is 9.97 Å². The van der Waals surface area contributed by atoms with E-state index in [-0.39, 0.29) is 5.54 Å². The molecule has 3 aromatic heterocycles. The van der Waals surface area contributed by atoms with Gasteiger partial charge in [-0.2, -0.15) is 0 Å². The molecule has 4 rings (SSSR count). The molecule has 0 bridgehead atoms. The van der Waals surface area contributed by atoms with Crippen molar-refractivity contribution in [3.8, 4) is 0 Å². The summed E-state index contributed by atoms with van der Waals surface area (Å²) in [7, 11) is 2.06. The third kappa shape index (κ3) is 1.99. The number of imidazole rings is 1. The molecule has 0 aromatic carbocycles. The molecule has 3 aromatic rings. The Morgan fingerprint density at radius 3 is 2.90 bits per heavy atom. The summed E-state index contributed by atoms with van der Waals surface area (Å²) < 4.78 is 1.98. The highest BCUT2D eigenvalue weighted by Gasteiger charge is 2.32. The van der Waals surface area contributed by atoms with E-state index in [1.165, 1.54) is 32.1 Å². The maximum absolute atomic E-state index is 4.40. The van der Waals surface area contributed by atoms with Crippen molar-refractivity contribution >= 4 is 16.8 Å². The van der Waals surface area contributed by atoms with Gasteiger partial charge in [-0.3, -0.25) is 4.40 Å². The van der Waals surface area contributed by atoms with Crippen molar-refractivity contribution in [2.75, 3.05) is 7.05 Å². The Balaban J connectivity index is 1.76. The van der Waals surface area contributed by atoms with Gasteiger partial charge in [0.05, 0.1) is 6.33 Å². The summed E-state index contributed by atoms with van der Waals surface area (Å²) in [4.78, 5) is 11.6. The maximum atomic E-state index is 4.40. The lowest BCUT2D eigenvalue weighted by molar-refractivity contribution is 0.240. The van der Waals surface area contributed by atoms with Gasteiger partial charge in [0.2, 0.25) is 0 Å². The number of aromatic nitrogens is 6. The third-order valence-corrected chi connectivity index (χ3v) is 4.74. The van der Waals surface area contributed by atoms with E-state index in [1.807, 2.05) is 4.40 Å². The molecule has 21 heavy (non-hydrogen) atoms. The highest BCUT2D eigenvalue weighted by atomic mass is 15.3. The molecule has 110 valence electrons. The van der Waals surface area contributed by atoms with E-state index >= 15 is 0 Å². The Morgan fingerprint density at radius 2 is 2.10 bits per heavy atom. The smallest absolute Gasteiger partial charge is 0.189 e. The van der Waals surface area contributed by atoms with Crippen LogP contribution in [-0.2, 0) is 6.42 Å². The first-order valence-corrected chi connectivity index (χ1v) is 7.52. The zero-order valence-corrected chi connectivity index (χ0v) is 12.1. The molecule has 1 saturated carbocycles. The fraction of sp³-hybridized carbons (Fsp3) is 0.571. The maximum Gasteiger partial charge on any atom is 0.189 e. The molecule has 0 amide bonds. The quantitative estimate of drug-likeness (QED) is 0.761. The van der Waals surface area contributed by atoms with Crippen molar-refractivity contribution in [2.45, 2.75) is 44.1 Å². The fourth-order valence-electron chi connectivity index (χ4n) is 3.44. The van der Waals surface area contributed by atoms with Crippen molar-refractivity contribution in [3.05, 3.63) is 18.5 Å². The number of fused-ring (bicyclic) bond motifs is 3. The van der Waals surface area contributed by atoms with Gasteiger partial charge in [0.1, 0.15) is 17.7 Å². The van der Waals surface area contributed by atoms with Crippen LogP contribution >= 0.6 is 0 Å². The standard InChI is InChI=1S/C14H19N7/c1-15-14(5-3-2-4-6-14)7-10-19-20-13-11-12(17-8-16-11)18-9-21(10)13/h8-9,15H,2-7H2,1H3,(H,16,17). The van der Waals surface area contributed by atoms with E-state index < -0.39 is 0 Å². The minimum absolute atomic E-state index is 0.143. The number of nitrogens with zero attached hydrogens (tertiary/aromatic N) is 5. The van der Waals surface area contributed by atoms with Crippen LogP contribution < -0.4 is 5.32 Å². The van der Waals surface area contributed by atoms with E-state index in [9.17, 15) is 0 Å². The van der Waals surface area contributed by atoms with Crippen molar-refractivity contribution in [2.24, 2.45) is 0 Å². The van der Waals surface area contributed by atoms with Crippen molar-refractivity contribution in [1.29, 1.82) is 0 Å². The second-order valence-corrected chi connectivity index (χ2v) is 5.92. The largest absolute Gasteiger partial charge is 0.340 e. The average molecular weight is 285 g/mol. The monoisotopic (exact) mass is 285 g/mol. The van der Waals surface area contributed by atoms with Crippen LogP contribution in [0, 0.1) is 0 Å². The minimum Gasteiger partial charge on any atom is -0.340 e. The van der Waals surface area contributed by atoms with E-state index in [1.54, 1.807) is 12.7 Å². The van der Waals surface area contributed by atoms with Crippen molar-refractivity contribution in [3.63, 3.8) is 0 Å². The first-order chi connectivity index (χ1) is 10.3. The van der Waals surface area contributed by atoms with Crippen LogP contribution in [0.25, 0.3) is 16.8 Å². The molecule has 0 unspecified atom stereocenters. The normalized spacial score (nSPS) is 18.5. The SMILES string of the molecule is CNC1(Cc2nnc3c4[nH]cnc4ncn23)CCCCC1. The summed E-state index contributed by atoms with van der Waals surface area (Å²) in [5, 5.41) is 12.3. The van der Waals surface area contributed by atoms with Crippen LogP contribution in [-0.4, -0.2) is 42.1 Å². The Kier molecular flexibility index (Phi) is 2.88. The summed E-state index contributed by atoms with van der Waals surface area (Å²) >= 11 is 0. The summed E-state index contributed by atoms with van der Waals surface area (Å²) in [6, 6.07) is 0. The molecule has 1 aliphatic carbocycles. The Bertz CT molecular complexity index is 766. The highest BCUT2D eigenvalue weighted by Crippen LogP contribution is 2.30. The molecular weight excluding hydrogens is 266 g/mol. The Hall–Kier alpha value is -2.02. The average Bonchev–Trinajstić information content (AvgIpc) is 3.14.